The van der Waals surface area contributed by atoms with E-state index in [1.807, 2.05) is 25.1 Å². The van der Waals surface area contributed by atoms with Gasteiger partial charge in [-0.1, -0.05) is 18.2 Å². The molecule has 0 saturated heterocycles. The maximum Gasteiger partial charge on any atom is 0.254 e. The van der Waals surface area contributed by atoms with Crippen LogP contribution in [0, 0.1) is 12.7 Å². The maximum atomic E-state index is 13.8. The number of pyridine rings is 1. The molecule has 5 aromatic rings. The monoisotopic (exact) mass is 453 g/mol. The Kier molecular flexibility index (Phi) is 5.65. The van der Waals surface area contributed by atoms with Gasteiger partial charge in [-0.05, 0) is 49.4 Å². The normalized spacial score (nSPS) is 10.9. The average Bonchev–Trinajstić information content (AvgIpc) is 3.29. The van der Waals surface area contributed by atoms with Crippen molar-refractivity contribution in [2.75, 3.05) is 5.32 Å². The summed E-state index contributed by atoms with van der Waals surface area (Å²) in [5.41, 5.74) is 3.24. The number of benzene rings is 2. The predicted molar refractivity (Wildman–Crippen MR) is 126 cm³/mol. The van der Waals surface area contributed by atoms with Gasteiger partial charge in [0, 0.05) is 53.1 Å². The molecule has 8 nitrogen and oxygen atoms in total. The molecule has 3 aromatic heterocycles. The summed E-state index contributed by atoms with van der Waals surface area (Å²) in [6.45, 7) is 2.00. The molecule has 0 aliphatic rings. The lowest BCUT2D eigenvalue weighted by Crippen LogP contribution is -2.23. The van der Waals surface area contributed by atoms with Gasteiger partial charge in [0.1, 0.15) is 11.6 Å². The number of aryl methyl sites for hydroxylation is 1. The number of aromatic nitrogens is 5. The Balaban J connectivity index is 1.33. The maximum absolute atomic E-state index is 13.8. The second-order valence-corrected chi connectivity index (χ2v) is 7.65. The molecule has 0 aliphatic heterocycles. The van der Waals surface area contributed by atoms with E-state index in [1.165, 1.54) is 6.07 Å². The molecule has 0 radical (unpaired) electrons. The molecule has 2 aromatic carbocycles. The zero-order valence-corrected chi connectivity index (χ0v) is 18.2. The van der Waals surface area contributed by atoms with Gasteiger partial charge in [0.15, 0.2) is 5.82 Å². The van der Waals surface area contributed by atoms with Gasteiger partial charge in [-0.2, -0.15) is 9.50 Å². The molecule has 168 valence electrons. The van der Waals surface area contributed by atoms with Crippen LogP contribution in [0.2, 0.25) is 0 Å². The Morgan fingerprint density at radius 3 is 2.62 bits per heavy atom. The van der Waals surface area contributed by atoms with Gasteiger partial charge < -0.3 is 10.6 Å². The van der Waals surface area contributed by atoms with E-state index in [2.05, 4.69) is 30.7 Å². The SMILES string of the molecule is Cc1cc(Nc2ccc(C(=O)NCc3ccccc3F)cc2)n2nc(-c3cccnc3)nc2n1. The molecule has 0 unspecified atom stereocenters. The molecule has 5 rings (SSSR count). The number of nitrogens with zero attached hydrogens (tertiary/aromatic N) is 5. The van der Waals surface area contributed by atoms with Crippen molar-refractivity contribution in [1.82, 2.24) is 29.9 Å². The standard InChI is InChI=1S/C25H20FN7O/c1-16-13-22(33-25(29-16)31-23(32-33)19-6-4-12-27-14-19)30-20-10-8-17(9-11-20)24(34)28-15-18-5-2-3-7-21(18)26/h2-14,30H,15H2,1H3,(H,28,34). The van der Waals surface area contributed by atoms with Crippen molar-refractivity contribution in [3.8, 4) is 11.4 Å². The van der Waals surface area contributed by atoms with Gasteiger partial charge in [-0.25, -0.2) is 9.37 Å². The van der Waals surface area contributed by atoms with E-state index in [-0.39, 0.29) is 18.3 Å². The number of halogens is 1. The first-order valence-electron chi connectivity index (χ1n) is 10.6. The zero-order valence-electron chi connectivity index (χ0n) is 18.2. The highest BCUT2D eigenvalue weighted by molar-refractivity contribution is 5.94. The first kappa shape index (κ1) is 21.2. The van der Waals surface area contributed by atoms with Crippen molar-refractivity contribution < 1.29 is 9.18 Å². The van der Waals surface area contributed by atoms with Gasteiger partial charge in [0.05, 0.1) is 0 Å². The van der Waals surface area contributed by atoms with Crippen molar-refractivity contribution in [2.24, 2.45) is 0 Å². The molecular weight excluding hydrogens is 433 g/mol. The minimum Gasteiger partial charge on any atom is -0.348 e. The van der Waals surface area contributed by atoms with E-state index >= 15 is 0 Å². The number of fused-ring (bicyclic) bond motifs is 1. The van der Waals surface area contributed by atoms with Gasteiger partial charge in [0.25, 0.3) is 11.7 Å². The van der Waals surface area contributed by atoms with Crippen LogP contribution < -0.4 is 10.6 Å². The number of hydrogen-bond acceptors (Lipinski definition) is 6. The summed E-state index contributed by atoms with van der Waals surface area (Å²) < 4.78 is 15.4. The van der Waals surface area contributed by atoms with Gasteiger partial charge >= 0.3 is 0 Å². The van der Waals surface area contributed by atoms with Crippen LogP contribution in [0.3, 0.4) is 0 Å². The summed E-state index contributed by atoms with van der Waals surface area (Å²) in [5.74, 6) is 1.04. The van der Waals surface area contributed by atoms with E-state index in [1.54, 1.807) is 59.4 Å². The highest BCUT2D eigenvalue weighted by Crippen LogP contribution is 2.21. The van der Waals surface area contributed by atoms with Crippen LogP contribution in [-0.4, -0.2) is 30.5 Å². The molecule has 0 saturated carbocycles. The van der Waals surface area contributed by atoms with Gasteiger partial charge in [0.2, 0.25) is 0 Å². The Hall–Kier alpha value is -4.66. The highest BCUT2D eigenvalue weighted by atomic mass is 19.1. The van der Waals surface area contributed by atoms with E-state index in [4.69, 9.17) is 0 Å². The second-order valence-electron chi connectivity index (χ2n) is 7.65. The number of hydrogen-bond donors (Lipinski definition) is 2. The summed E-state index contributed by atoms with van der Waals surface area (Å²) in [4.78, 5) is 25.6. The molecule has 3 heterocycles. The molecule has 0 aliphatic carbocycles. The van der Waals surface area contributed by atoms with Crippen LogP contribution in [0.15, 0.2) is 79.1 Å². The minimum absolute atomic E-state index is 0.116. The van der Waals surface area contributed by atoms with Crippen LogP contribution in [-0.2, 0) is 6.54 Å². The molecule has 34 heavy (non-hydrogen) atoms. The van der Waals surface area contributed by atoms with Crippen molar-refractivity contribution in [3.63, 3.8) is 0 Å². The van der Waals surface area contributed by atoms with Crippen LogP contribution in [0.1, 0.15) is 21.6 Å². The zero-order chi connectivity index (χ0) is 23.5. The predicted octanol–water partition coefficient (Wildman–Crippen LogP) is 4.31. The fourth-order valence-electron chi connectivity index (χ4n) is 3.47. The van der Waals surface area contributed by atoms with Crippen LogP contribution in [0.5, 0.6) is 0 Å². The van der Waals surface area contributed by atoms with Crippen molar-refractivity contribution >= 4 is 23.2 Å². The third-order valence-electron chi connectivity index (χ3n) is 5.18. The Morgan fingerprint density at radius 1 is 1.03 bits per heavy atom. The fraction of sp³-hybridized carbons (Fsp3) is 0.0800. The second kappa shape index (κ2) is 9.07. The summed E-state index contributed by atoms with van der Waals surface area (Å²) in [6.07, 6.45) is 3.39. The smallest absolute Gasteiger partial charge is 0.254 e. The number of carbonyl (C=O) groups excluding carboxylic acids is 1. The third-order valence-corrected chi connectivity index (χ3v) is 5.18. The first-order valence-corrected chi connectivity index (χ1v) is 10.6. The van der Waals surface area contributed by atoms with Crippen molar-refractivity contribution in [2.45, 2.75) is 13.5 Å². The van der Waals surface area contributed by atoms with Crippen molar-refractivity contribution in [1.29, 1.82) is 0 Å². The lowest BCUT2D eigenvalue weighted by molar-refractivity contribution is 0.0950. The number of nitrogens with one attached hydrogen (secondary N) is 2. The number of anilines is 2. The van der Waals surface area contributed by atoms with Crippen LogP contribution in [0.25, 0.3) is 17.2 Å². The van der Waals surface area contributed by atoms with E-state index in [9.17, 15) is 9.18 Å². The van der Waals surface area contributed by atoms with E-state index in [0.717, 1.165) is 16.9 Å². The van der Waals surface area contributed by atoms with Crippen LogP contribution >= 0.6 is 0 Å². The minimum atomic E-state index is -0.346. The van der Waals surface area contributed by atoms with E-state index < -0.39 is 0 Å². The fourth-order valence-corrected chi connectivity index (χ4v) is 3.47. The average molecular weight is 453 g/mol. The third kappa shape index (κ3) is 4.44. The molecule has 2 N–H and O–H groups in total. The van der Waals surface area contributed by atoms with Gasteiger partial charge in [-0.3, -0.25) is 9.78 Å². The lowest BCUT2D eigenvalue weighted by Gasteiger charge is -2.10. The molecule has 0 fully saturated rings. The summed E-state index contributed by atoms with van der Waals surface area (Å²) >= 11 is 0. The summed E-state index contributed by atoms with van der Waals surface area (Å²) in [7, 11) is 0. The largest absolute Gasteiger partial charge is 0.348 e. The molecule has 9 heteroatoms. The molecule has 0 spiro atoms. The highest BCUT2D eigenvalue weighted by Gasteiger charge is 2.13. The van der Waals surface area contributed by atoms with Gasteiger partial charge in [-0.15, -0.1) is 5.10 Å². The Labute approximate surface area is 194 Å². The Morgan fingerprint density at radius 2 is 1.85 bits per heavy atom. The van der Waals surface area contributed by atoms with Crippen LogP contribution in [0.4, 0.5) is 15.9 Å². The summed E-state index contributed by atoms with van der Waals surface area (Å²) in [6, 6.07) is 18.9. The number of carbonyl (C=O) groups is 1. The molecular formula is C25H20FN7O. The van der Waals surface area contributed by atoms with Crippen molar-refractivity contribution in [3.05, 3.63) is 102 Å². The summed E-state index contributed by atoms with van der Waals surface area (Å²) in [5, 5.41) is 10.6. The molecule has 0 bridgehead atoms. The number of rotatable bonds is 6. The van der Waals surface area contributed by atoms with E-state index in [0.29, 0.717) is 28.5 Å². The lowest BCUT2D eigenvalue weighted by atomic mass is 10.1. The number of amides is 1. The molecule has 1 amide bonds. The Bertz CT molecular complexity index is 1470. The quantitative estimate of drug-likeness (QED) is 0.398. The first-order chi connectivity index (χ1) is 16.6. The molecule has 0 atom stereocenters. The topological polar surface area (TPSA) is 97.1 Å².